The second kappa shape index (κ2) is 7.70. The van der Waals surface area contributed by atoms with Crippen molar-refractivity contribution in [2.75, 3.05) is 20.6 Å². The van der Waals surface area contributed by atoms with E-state index in [-0.39, 0.29) is 5.91 Å². The topological polar surface area (TPSA) is 77.8 Å². The van der Waals surface area contributed by atoms with Gasteiger partial charge in [-0.1, -0.05) is 41.0 Å². The molecule has 1 aromatic carbocycles. The summed E-state index contributed by atoms with van der Waals surface area (Å²) in [5.74, 6) is 0.282. The van der Waals surface area contributed by atoms with Crippen molar-refractivity contribution in [2.45, 2.75) is 18.9 Å². The summed E-state index contributed by atoms with van der Waals surface area (Å²) in [7, 11) is 3.68. The highest BCUT2D eigenvalue weighted by Crippen LogP contribution is 2.27. The van der Waals surface area contributed by atoms with E-state index in [1.807, 2.05) is 45.3 Å². The van der Waals surface area contributed by atoms with Gasteiger partial charge in [-0.05, 0) is 24.6 Å². The molecule has 1 amide bonds. The highest BCUT2D eigenvalue weighted by atomic mass is 35.5. The number of nitrogens with one attached hydrogen (secondary N) is 2. The zero-order valence-electron chi connectivity index (χ0n) is 15.4. The number of benzene rings is 1. The molecule has 0 saturated heterocycles. The number of halogens is 1. The number of hydrogen-bond donors (Lipinski definition) is 2. The lowest BCUT2D eigenvalue weighted by Gasteiger charge is -2.21. The molecule has 8 heteroatoms. The zero-order valence-corrected chi connectivity index (χ0v) is 16.9. The van der Waals surface area contributed by atoms with Crippen molar-refractivity contribution in [3.8, 4) is 0 Å². The molecule has 0 radical (unpaired) electrons. The molecule has 1 unspecified atom stereocenters. The van der Waals surface area contributed by atoms with E-state index in [1.54, 1.807) is 17.0 Å². The first-order chi connectivity index (χ1) is 12.8. The first-order valence-corrected chi connectivity index (χ1v) is 9.62. The maximum atomic E-state index is 12.2. The van der Waals surface area contributed by atoms with Crippen LogP contribution in [-0.4, -0.2) is 48.6 Å². The fourth-order valence-electron chi connectivity index (χ4n) is 2.70. The number of rotatable bonds is 5. The fraction of sp³-hybridized carbons (Fsp3) is 0.316. The van der Waals surface area contributed by atoms with Crippen LogP contribution in [0.2, 0.25) is 4.34 Å². The van der Waals surface area contributed by atoms with Gasteiger partial charge < -0.3 is 15.1 Å². The zero-order chi connectivity index (χ0) is 19.6. The van der Waals surface area contributed by atoms with E-state index in [0.717, 1.165) is 16.8 Å². The number of carbonyl (C=O) groups is 1. The van der Waals surface area contributed by atoms with Crippen molar-refractivity contribution in [2.24, 2.45) is 5.16 Å². The van der Waals surface area contributed by atoms with Gasteiger partial charge in [-0.3, -0.25) is 10.2 Å². The monoisotopic (exact) mass is 404 g/mol. The van der Waals surface area contributed by atoms with Crippen molar-refractivity contribution in [1.29, 1.82) is 5.41 Å². The third-order valence-electron chi connectivity index (χ3n) is 4.28. The highest BCUT2D eigenvalue weighted by molar-refractivity contribution is 7.18. The number of thiophene rings is 1. The van der Waals surface area contributed by atoms with Crippen LogP contribution in [0.3, 0.4) is 0 Å². The predicted octanol–water partition coefficient (Wildman–Crippen LogP) is 3.60. The molecule has 2 heterocycles. The molecule has 3 rings (SSSR count). The van der Waals surface area contributed by atoms with Crippen molar-refractivity contribution < 1.29 is 9.63 Å². The number of amidine groups is 1. The minimum Gasteiger partial charge on any atom is -0.387 e. The lowest BCUT2D eigenvalue weighted by atomic mass is 9.95. The molecule has 1 atom stereocenters. The Balaban J connectivity index is 1.59. The number of oxime groups is 1. The Hall–Kier alpha value is -2.38. The van der Waals surface area contributed by atoms with Gasteiger partial charge in [0.05, 0.1) is 21.5 Å². The van der Waals surface area contributed by atoms with Gasteiger partial charge >= 0.3 is 0 Å². The van der Waals surface area contributed by atoms with Crippen molar-refractivity contribution in [3.63, 3.8) is 0 Å². The lowest BCUT2D eigenvalue weighted by Crippen LogP contribution is -2.40. The standard InChI is InChI=1S/C19H21ClN4O2S/c1-19(11-22-18(25)15-8-9-16(20)27-15)10-14(23-26-19)12-4-6-13(7-5-12)17(21)24(2)3/h4-9,21H,10-11H2,1-3H3,(H,22,25). The normalized spacial score (nSPS) is 18.6. The molecule has 6 nitrogen and oxygen atoms in total. The minimum absolute atomic E-state index is 0.170. The number of amides is 1. The van der Waals surface area contributed by atoms with E-state index in [4.69, 9.17) is 21.8 Å². The summed E-state index contributed by atoms with van der Waals surface area (Å²) in [5, 5.41) is 15.1. The smallest absolute Gasteiger partial charge is 0.261 e. The van der Waals surface area contributed by atoms with E-state index in [9.17, 15) is 4.79 Å². The molecule has 0 bridgehead atoms. The molecule has 1 aliphatic heterocycles. The van der Waals surface area contributed by atoms with E-state index in [1.165, 1.54) is 11.3 Å². The number of hydrogen-bond acceptors (Lipinski definition) is 5. The van der Waals surface area contributed by atoms with Gasteiger partial charge in [-0.25, -0.2) is 0 Å². The average Bonchev–Trinajstić information content (AvgIpc) is 3.26. The van der Waals surface area contributed by atoms with Gasteiger partial charge in [0.15, 0.2) is 5.60 Å². The minimum atomic E-state index is -0.596. The van der Waals surface area contributed by atoms with E-state index >= 15 is 0 Å². The molecule has 2 N–H and O–H groups in total. The molecule has 142 valence electrons. The second-order valence-corrected chi connectivity index (χ2v) is 8.58. The summed E-state index contributed by atoms with van der Waals surface area (Å²) < 4.78 is 0.583. The Morgan fingerprint density at radius 1 is 1.33 bits per heavy atom. The second-order valence-electron chi connectivity index (χ2n) is 6.86. The molecule has 0 fully saturated rings. The molecule has 0 aliphatic carbocycles. The first kappa shape index (κ1) is 19.4. The summed E-state index contributed by atoms with van der Waals surface area (Å²) in [6, 6.07) is 11.1. The lowest BCUT2D eigenvalue weighted by molar-refractivity contribution is -0.00178. The first-order valence-electron chi connectivity index (χ1n) is 8.43. The van der Waals surface area contributed by atoms with Gasteiger partial charge in [-0.15, -0.1) is 11.3 Å². The molecule has 0 saturated carbocycles. The van der Waals surface area contributed by atoms with Crippen LogP contribution in [0.4, 0.5) is 0 Å². The Bertz CT molecular complexity index is 891. The molecule has 0 spiro atoms. The van der Waals surface area contributed by atoms with E-state index in [2.05, 4.69) is 10.5 Å². The van der Waals surface area contributed by atoms with Crippen molar-refractivity contribution in [1.82, 2.24) is 10.2 Å². The predicted molar refractivity (Wildman–Crippen MR) is 109 cm³/mol. The number of carbonyl (C=O) groups excluding carboxylic acids is 1. The Labute approximate surface area is 167 Å². The average molecular weight is 405 g/mol. The van der Waals surface area contributed by atoms with Crippen molar-refractivity contribution in [3.05, 3.63) is 56.7 Å². The number of nitrogens with zero attached hydrogens (tertiary/aromatic N) is 2. The summed E-state index contributed by atoms with van der Waals surface area (Å²) in [6.45, 7) is 2.26. The van der Waals surface area contributed by atoms with Crippen LogP contribution in [0, 0.1) is 5.41 Å². The van der Waals surface area contributed by atoms with Gasteiger partial charge in [0.1, 0.15) is 5.84 Å². The van der Waals surface area contributed by atoms with Crippen LogP contribution >= 0.6 is 22.9 Å². The molecule has 2 aromatic rings. The van der Waals surface area contributed by atoms with Gasteiger partial charge in [-0.2, -0.15) is 0 Å². The summed E-state index contributed by atoms with van der Waals surface area (Å²) in [6.07, 6.45) is 0.586. The quantitative estimate of drug-likeness (QED) is 0.590. The van der Waals surface area contributed by atoms with Crippen LogP contribution in [0.15, 0.2) is 41.6 Å². The van der Waals surface area contributed by atoms with Crippen molar-refractivity contribution >= 4 is 40.4 Å². The maximum absolute atomic E-state index is 12.2. The molecule has 27 heavy (non-hydrogen) atoms. The van der Waals surface area contributed by atoms with Gasteiger partial charge in [0.2, 0.25) is 0 Å². The van der Waals surface area contributed by atoms with Gasteiger partial charge in [0, 0.05) is 26.1 Å². The van der Waals surface area contributed by atoms with E-state index in [0.29, 0.717) is 28.0 Å². The Morgan fingerprint density at radius 2 is 2.04 bits per heavy atom. The molecular weight excluding hydrogens is 384 g/mol. The largest absolute Gasteiger partial charge is 0.387 e. The summed E-state index contributed by atoms with van der Waals surface area (Å²) >= 11 is 7.12. The van der Waals surface area contributed by atoms with Gasteiger partial charge in [0.25, 0.3) is 5.91 Å². The van der Waals surface area contributed by atoms with Crippen LogP contribution in [0.25, 0.3) is 0 Å². The third kappa shape index (κ3) is 4.48. The maximum Gasteiger partial charge on any atom is 0.261 e. The Morgan fingerprint density at radius 3 is 2.63 bits per heavy atom. The molecule has 1 aliphatic rings. The van der Waals surface area contributed by atoms with Crippen LogP contribution in [-0.2, 0) is 4.84 Å². The van der Waals surface area contributed by atoms with Crippen LogP contribution in [0.5, 0.6) is 0 Å². The third-order valence-corrected chi connectivity index (χ3v) is 5.51. The van der Waals surface area contributed by atoms with Crippen LogP contribution < -0.4 is 5.32 Å². The summed E-state index contributed by atoms with van der Waals surface area (Å²) in [4.78, 5) is 20.1. The molecule has 1 aromatic heterocycles. The van der Waals surface area contributed by atoms with E-state index < -0.39 is 5.60 Å². The Kier molecular flexibility index (Phi) is 5.53. The fourth-order valence-corrected chi connectivity index (χ4v) is 3.66. The molecular formula is C19H21ClN4O2S. The highest BCUT2D eigenvalue weighted by Gasteiger charge is 2.35. The summed E-state index contributed by atoms with van der Waals surface area (Å²) in [5.41, 5.74) is 2.02. The van der Waals surface area contributed by atoms with Crippen LogP contribution in [0.1, 0.15) is 34.1 Å². The SMILES string of the molecule is CN(C)C(=N)c1ccc(C2=NOC(C)(CNC(=O)c3ccc(Cl)s3)C2)cc1.